The number of fused-ring (bicyclic) bond motifs is 1. The van der Waals surface area contributed by atoms with E-state index in [1.807, 2.05) is 18.2 Å². The van der Waals surface area contributed by atoms with Crippen molar-refractivity contribution in [3.8, 4) is 0 Å². The van der Waals surface area contributed by atoms with Crippen LogP contribution in [0.4, 0.5) is 0 Å². The third-order valence-corrected chi connectivity index (χ3v) is 4.47. The molecule has 0 bridgehead atoms. The van der Waals surface area contributed by atoms with Crippen LogP contribution in [0.5, 0.6) is 0 Å². The van der Waals surface area contributed by atoms with Gasteiger partial charge in [0.2, 0.25) is 5.91 Å². The number of aromatic nitrogens is 2. The number of hydrogen-bond donors (Lipinski definition) is 1. The maximum atomic E-state index is 12.5. The molecule has 1 amide bonds. The van der Waals surface area contributed by atoms with E-state index < -0.39 is 0 Å². The van der Waals surface area contributed by atoms with Crippen LogP contribution in [0.2, 0.25) is 15.1 Å². The van der Waals surface area contributed by atoms with Gasteiger partial charge in [-0.3, -0.25) is 14.2 Å². The van der Waals surface area contributed by atoms with Gasteiger partial charge in [-0.1, -0.05) is 53.0 Å². The van der Waals surface area contributed by atoms with Gasteiger partial charge in [0, 0.05) is 16.6 Å². The number of halogens is 3. The lowest BCUT2D eigenvalue weighted by atomic mass is 10.2. The molecule has 3 aromatic rings. The molecule has 0 aliphatic rings. The average Bonchev–Trinajstić information content (AvgIpc) is 2.57. The molecule has 8 heteroatoms. The van der Waals surface area contributed by atoms with Crippen LogP contribution in [0.25, 0.3) is 10.9 Å². The quantitative estimate of drug-likeness (QED) is 0.732. The van der Waals surface area contributed by atoms with E-state index in [2.05, 4.69) is 10.3 Å². The van der Waals surface area contributed by atoms with Crippen LogP contribution in [0.15, 0.2) is 47.5 Å². The number of rotatable bonds is 4. The van der Waals surface area contributed by atoms with Crippen molar-refractivity contribution < 1.29 is 4.79 Å². The van der Waals surface area contributed by atoms with E-state index in [4.69, 9.17) is 34.8 Å². The van der Waals surface area contributed by atoms with E-state index in [9.17, 15) is 9.59 Å². The molecule has 1 heterocycles. The maximum absolute atomic E-state index is 12.5. The summed E-state index contributed by atoms with van der Waals surface area (Å²) in [5.74, 6) is -0.337. The summed E-state index contributed by atoms with van der Waals surface area (Å²) in [6.07, 6.45) is 1.29. The minimum atomic E-state index is -0.387. The fraction of sp³-hybridized carbons (Fsp3) is 0.118. The third-order valence-electron chi connectivity index (χ3n) is 3.59. The highest BCUT2D eigenvalue weighted by molar-refractivity contribution is 6.38. The van der Waals surface area contributed by atoms with Crippen molar-refractivity contribution >= 4 is 51.6 Å². The summed E-state index contributed by atoms with van der Waals surface area (Å²) in [5, 5.41) is 4.17. The Morgan fingerprint density at radius 1 is 1.12 bits per heavy atom. The molecule has 5 nitrogen and oxygen atoms in total. The number of nitrogens with zero attached hydrogens (tertiary/aromatic N) is 2. The zero-order valence-electron chi connectivity index (χ0n) is 12.8. The Morgan fingerprint density at radius 2 is 1.88 bits per heavy atom. The lowest BCUT2D eigenvalue weighted by Gasteiger charge is -2.09. The highest BCUT2D eigenvalue weighted by Crippen LogP contribution is 2.23. The Morgan fingerprint density at radius 3 is 2.64 bits per heavy atom. The molecule has 2 aromatic carbocycles. The molecule has 128 valence electrons. The predicted molar refractivity (Wildman–Crippen MR) is 99.3 cm³/mol. The first kappa shape index (κ1) is 17.7. The first-order chi connectivity index (χ1) is 12.0. The first-order valence-electron chi connectivity index (χ1n) is 7.30. The van der Waals surface area contributed by atoms with Crippen LogP contribution in [0.3, 0.4) is 0 Å². The lowest BCUT2D eigenvalue weighted by Crippen LogP contribution is -2.32. The van der Waals surface area contributed by atoms with Crippen molar-refractivity contribution in [3.05, 3.63) is 73.7 Å². The van der Waals surface area contributed by atoms with Crippen LogP contribution in [-0.4, -0.2) is 15.5 Å². The van der Waals surface area contributed by atoms with E-state index in [0.717, 1.165) is 5.56 Å². The monoisotopic (exact) mass is 395 g/mol. The van der Waals surface area contributed by atoms with Gasteiger partial charge >= 0.3 is 0 Å². The average molecular weight is 397 g/mol. The van der Waals surface area contributed by atoms with E-state index in [-0.39, 0.29) is 35.0 Å². The molecule has 0 aliphatic heterocycles. The van der Waals surface area contributed by atoms with Gasteiger partial charge in [0.15, 0.2) is 0 Å². The van der Waals surface area contributed by atoms with Gasteiger partial charge in [0.25, 0.3) is 5.56 Å². The minimum absolute atomic E-state index is 0.170. The number of benzene rings is 2. The molecule has 25 heavy (non-hydrogen) atoms. The molecule has 0 saturated heterocycles. The number of carbonyl (C=O) groups excluding carboxylic acids is 1. The normalized spacial score (nSPS) is 10.8. The predicted octanol–water partition coefficient (Wildman–Crippen LogP) is 3.67. The summed E-state index contributed by atoms with van der Waals surface area (Å²) < 4.78 is 1.21. The molecule has 0 radical (unpaired) electrons. The van der Waals surface area contributed by atoms with Gasteiger partial charge in [-0.2, -0.15) is 0 Å². The molecule has 0 aliphatic carbocycles. The van der Waals surface area contributed by atoms with Gasteiger partial charge in [0.1, 0.15) is 6.54 Å². The van der Waals surface area contributed by atoms with Crippen LogP contribution < -0.4 is 10.9 Å². The SMILES string of the molecule is O=C(Cn1cnc2c(Cl)cc(Cl)cc2c1=O)NCc1ccccc1Cl. The van der Waals surface area contributed by atoms with Crippen molar-refractivity contribution in [1.29, 1.82) is 0 Å². The van der Waals surface area contributed by atoms with Crippen LogP contribution in [0, 0.1) is 0 Å². The zero-order chi connectivity index (χ0) is 18.0. The van der Waals surface area contributed by atoms with Crippen molar-refractivity contribution in [1.82, 2.24) is 14.9 Å². The van der Waals surface area contributed by atoms with Crippen molar-refractivity contribution in [2.24, 2.45) is 0 Å². The number of hydrogen-bond acceptors (Lipinski definition) is 3. The minimum Gasteiger partial charge on any atom is -0.350 e. The Labute approximate surface area is 158 Å². The van der Waals surface area contributed by atoms with E-state index in [1.54, 1.807) is 6.07 Å². The summed E-state index contributed by atoms with van der Waals surface area (Å²) in [7, 11) is 0. The zero-order valence-corrected chi connectivity index (χ0v) is 15.1. The molecule has 3 rings (SSSR count). The molecule has 0 spiro atoms. The highest BCUT2D eigenvalue weighted by atomic mass is 35.5. The van der Waals surface area contributed by atoms with E-state index >= 15 is 0 Å². The molecule has 0 saturated carbocycles. The topological polar surface area (TPSA) is 64.0 Å². The fourth-order valence-electron chi connectivity index (χ4n) is 2.35. The molecule has 1 N–H and O–H groups in total. The van der Waals surface area contributed by atoms with Crippen molar-refractivity contribution in [2.45, 2.75) is 13.1 Å². The summed E-state index contributed by atoms with van der Waals surface area (Å²) in [6.45, 7) is 0.0995. The van der Waals surface area contributed by atoms with Crippen LogP contribution in [0.1, 0.15) is 5.56 Å². The lowest BCUT2D eigenvalue weighted by molar-refractivity contribution is -0.121. The standard InChI is InChI=1S/C17H12Cl3N3O2/c18-11-5-12-16(14(20)6-11)22-9-23(17(12)25)8-15(24)21-7-10-3-1-2-4-13(10)19/h1-6,9H,7-8H2,(H,21,24). The second-order valence-electron chi connectivity index (χ2n) is 5.33. The van der Waals surface area contributed by atoms with Gasteiger partial charge < -0.3 is 5.32 Å². The summed E-state index contributed by atoms with van der Waals surface area (Å²) >= 11 is 18.0. The maximum Gasteiger partial charge on any atom is 0.261 e. The Kier molecular flexibility index (Phi) is 5.27. The number of carbonyl (C=O) groups is 1. The molecule has 1 aromatic heterocycles. The fourth-order valence-corrected chi connectivity index (χ4v) is 3.10. The van der Waals surface area contributed by atoms with Gasteiger partial charge in [-0.25, -0.2) is 4.98 Å². The van der Waals surface area contributed by atoms with Crippen LogP contribution >= 0.6 is 34.8 Å². The second-order valence-corrected chi connectivity index (χ2v) is 6.58. The van der Waals surface area contributed by atoms with Gasteiger partial charge in [-0.05, 0) is 23.8 Å². The van der Waals surface area contributed by atoms with Crippen LogP contribution in [-0.2, 0) is 17.9 Å². The second kappa shape index (κ2) is 7.44. The van der Waals surface area contributed by atoms with Gasteiger partial charge in [-0.15, -0.1) is 0 Å². The Balaban J connectivity index is 1.79. The number of nitrogens with one attached hydrogen (secondary N) is 1. The summed E-state index contributed by atoms with van der Waals surface area (Å²) in [4.78, 5) is 28.8. The molecular weight excluding hydrogens is 385 g/mol. The van der Waals surface area contributed by atoms with E-state index in [0.29, 0.717) is 15.6 Å². The van der Waals surface area contributed by atoms with E-state index in [1.165, 1.54) is 23.0 Å². The Hall–Kier alpha value is -2.08. The Bertz CT molecular complexity index is 1020. The summed E-state index contributed by atoms with van der Waals surface area (Å²) in [5.41, 5.74) is 0.756. The summed E-state index contributed by atoms with van der Waals surface area (Å²) in [6, 6.07) is 10.2. The molecular formula is C17H12Cl3N3O2. The third kappa shape index (κ3) is 3.95. The molecule has 0 atom stereocenters. The van der Waals surface area contributed by atoms with Crippen molar-refractivity contribution in [2.75, 3.05) is 0 Å². The highest BCUT2D eigenvalue weighted by Gasteiger charge is 2.11. The largest absolute Gasteiger partial charge is 0.350 e. The van der Waals surface area contributed by atoms with Crippen molar-refractivity contribution in [3.63, 3.8) is 0 Å². The molecule has 0 fully saturated rings. The number of amides is 1. The van der Waals surface area contributed by atoms with Gasteiger partial charge in [0.05, 0.1) is 22.3 Å². The first-order valence-corrected chi connectivity index (χ1v) is 8.43. The smallest absolute Gasteiger partial charge is 0.261 e. The molecule has 0 unspecified atom stereocenters.